The van der Waals surface area contributed by atoms with Crippen LogP contribution in [-0.4, -0.2) is 19.3 Å². The van der Waals surface area contributed by atoms with Gasteiger partial charge < -0.3 is 14.5 Å². The molecule has 0 saturated carbocycles. The third kappa shape index (κ3) is 2.12. The van der Waals surface area contributed by atoms with Crippen molar-refractivity contribution in [1.29, 1.82) is 0 Å². The highest BCUT2D eigenvalue weighted by Crippen LogP contribution is 2.38. The van der Waals surface area contributed by atoms with Crippen LogP contribution >= 0.6 is 15.9 Å². The van der Waals surface area contributed by atoms with Crippen LogP contribution in [-0.2, 0) is 4.74 Å². The van der Waals surface area contributed by atoms with Gasteiger partial charge in [0, 0.05) is 6.61 Å². The maximum Gasteiger partial charge on any atom is 0.169 e. The first-order valence-corrected chi connectivity index (χ1v) is 6.01. The van der Waals surface area contributed by atoms with Gasteiger partial charge in [-0.05, 0) is 54.9 Å². The fourth-order valence-electron chi connectivity index (χ4n) is 2.26. The monoisotopic (exact) mass is 273 g/mol. The van der Waals surface area contributed by atoms with Gasteiger partial charge >= 0.3 is 0 Å². The molecule has 3 nitrogen and oxygen atoms in total. The molecule has 1 aliphatic rings. The second-order valence-corrected chi connectivity index (χ2v) is 4.91. The lowest BCUT2D eigenvalue weighted by Gasteiger charge is -2.31. The summed E-state index contributed by atoms with van der Waals surface area (Å²) in [6.45, 7) is 2.98. The predicted octanol–water partition coefficient (Wildman–Crippen LogP) is 2.87. The van der Waals surface area contributed by atoms with Crippen molar-refractivity contribution < 1.29 is 9.15 Å². The summed E-state index contributed by atoms with van der Waals surface area (Å²) in [5.41, 5.74) is -0.147. The molecule has 1 aliphatic heterocycles. The molecule has 2 heterocycles. The van der Waals surface area contributed by atoms with Crippen LogP contribution in [0.15, 0.2) is 21.2 Å². The SMILES string of the molecule is CNC(c1ccc(Br)o1)C1(C)CCCO1. The summed E-state index contributed by atoms with van der Waals surface area (Å²) in [5.74, 6) is 0.925. The predicted molar refractivity (Wildman–Crippen MR) is 61.8 cm³/mol. The molecule has 1 saturated heterocycles. The number of furan rings is 1. The summed E-state index contributed by atoms with van der Waals surface area (Å²) in [5, 5.41) is 3.27. The second-order valence-electron chi connectivity index (χ2n) is 4.13. The standard InChI is InChI=1S/C11H16BrNO2/c1-11(6-3-7-14-11)10(13-2)8-4-5-9(12)15-8/h4-5,10,13H,3,6-7H2,1-2H3. The van der Waals surface area contributed by atoms with Gasteiger partial charge in [-0.25, -0.2) is 0 Å². The quantitative estimate of drug-likeness (QED) is 0.920. The molecule has 0 aliphatic carbocycles. The van der Waals surface area contributed by atoms with Gasteiger partial charge in [0.1, 0.15) is 5.76 Å². The number of nitrogens with one attached hydrogen (secondary N) is 1. The minimum Gasteiger partial charge on any atom is -0.453 e. The van der Waals surface area contributed by atoms with E-state index in [1.165, 1.54) is 0 Å². The van der Waals surface area contributed by atoms with Crippen molar-refractivity contribution in [3.63, 3.8) is 0 Å². The zero-order valence-electron chi connectivity index (χ0n) is 9.05. The van der Waals surface area contributed by atoms with Crippen LogP contribution in [0.4, 0.5) is 0 Å². The molecular weight excluding hydrogens is 258 g/mol. The first-order valence-electron chi connectivity index (χ1n) is 5.22. The number of hydrogen-bond acceptors (Lipinski definition) is 3. The van der Waals surface area contributed by atoms with Crippen molar-refractivity contribution in [1.82, 2.24) is 5.32 Å². The lowest BCUT2D eigenvalue weighted by molar-refractivity contribution is -0.0162. The van der Waals surface area contributed by atoms with E-state index in [-0.39, 0.29) is 11.6 Å². The third-order valence-corrected chi connectivity index (χ3v) is 3.45. The van der Waals surface area contributed by atoms with E-state index in [2.05, 4.69) is 28.2 Å². The first-order chi connectivity index (χ1) is 7.15. The summed E-state index contributed by atoms with van der Waals surface area (Å²) < 4.78 is 12.2. The first kappa shape index (κ1) is 11.2. The average Bonchev–Trinajstić information content (AvgIpc) is 2.78. The van der Waals surface area contributed by atoms with E-state index in [9.17, 15) is 0 Å². The van der Waals surface area contributed by atoms with Crippen LogP contribution in [0.3, 0.4) is 0 Å². The molecule has 84 valence electrons. The third-order valence-electron chi connectivity index (χ3n) is 3.03. The zero-order chi connectivity index (χ0) is 10.9. The van der Waals surface area contributed by atoms with E-state index in [1.807, 2.05) is 19.2 Å². The van der Waals surface area contributed by atoms with E-state index < -0.39 is 0 Å². The normalized spacial score (nSPS) is 28.2. The lowest BCUT2D eigenvalue weighted by atomic mass is 9.91. The van der Waals surface area contributed by atoms with Gasteiger partial charge in [0.25, 0.3) is 0 Å². The van der Waals surface area contributed by atoms with Crippen LogP contribution < -0.4 is 5.32 Å². The molecule has 1 aromatic heterocycles. The Hall–Kier alpha value is -0.320. The Morgan fingerprint density at radius 2 is 2.33 bits per heavy atom. The Bertz CT molecular complexity index is 331. The summed E-state index contributed by atoms with van der Waals surface area (Å²) in [7, 11) is 1.94. The van der Waals surface area contributed by atoms with Gasteiger partial charge in [0.15, 0.2) is 4.67 Å². The Kier molecular flexibility index (Phi) is 3.19. The molecule has 1 N–H and O–H groups in total. The summed E-state index contributed by atoms with van der Waals surface area (Å²) in [6, 6.07) is 4.02. The summed E-state index contributed by atoms with van der Waals surface area (Å²) >= 11 is 3.32. The highest BCUT2D eigenvalue weighted by molar-refractivity contribution is 9.10. The Morgan fingerprint density at radius 1 is 1.53 bits per heavy atom. The Labute approximate surface area is 98.3 Å². The minimum atomic E-state index is -0.147. The van der Waals surface area contributed by atoms with Crippen LogP contribution in [0.25, 0.3) is 0 Å². The average molecular weight is 274 g/mol. The number of ether oxygens (including phenoxy) is 1. The topological polar surface area (TPSA) is 34.4 Å². The molecule has 0 aromatic carbocycles. The number of hydrogen-bond donors (Lipinski definition) is 1. The maximum absolute atomic E-state index is 5.82. The highest BCUT2D eigenvalue weighted by atomic mass is 79.9. The van der Waals surface area contributed by atoms with E-state index >= 15 is 0 Å². The van der Waals surface area contributed by atoms with Gasteiger partial charge in [0.05, 0.1) is 11.6 Å². The van der Waals surface area contributed by atoms with Gasteiger partial charge in [-0.15, -0.1) is 0 Å². The van der Waals surface area contributed by atoms with E-state index in [4.69, 9.17) is 9.15 Å². The van der Waals surface area contributed by atoms with Crippen molar-refractivity contribution in [3.05, 3.63) is 22.6 Å². The van der Waals surface area contributed by atoms with Gasteiger partial charge in [-0.2, -0.15) is 0 Å². The molecular formula is C11H16BrNO2. The molecule has 15 heavy (non-hydrogen) atoms. The lowest BCUT2D eigenvalue weighted by Crippen LogP contribution is -2.39. The molecule has 1 aromatic rings. The van der Waals surface area contributed by atoms with Crippen molar-refractivity contribution in [3.8, 4) is 0 Å². The second kappa shape index (κ2) is 4.28. The fraction of sp³-hybridized carbons (Fsp3) is 0.636. The molecule has 2 unspecified atom stereocenters. The molecule has 2 rings (SSSR count). The largest absolute Gasteiger partial charge is 0.453 e. The number of rotatable bonds is 3. The molecule has 2 atom stereocenters. The van der Waals surface area contributed by atoms with Crippen LogP contribution in [0, 0.1) is 0 Å². The smallest absolute Gasteiger partial charge is 0.169 e. The van der Waals surface area contributed by atoms with Gasteiger partial charge in [0.2, 0.25) is 0 Å². The summed E-state index contributed by atoms with van der Waals surface area (Å²) in [4.78, 5) is 0. The molecule has 0 radical (unpaired) electrons. The van der Waals surface area contributed by atoms with E-state index in [0.717, 1.165) is 29.9 Å². The van der Waals surface area contributed by atoms with Crippen molar-refractivity contribution in [2.75, 3.05) is 13.7 Å². The van der Waals surface area contributed by atoms with Crippen LogP contribution in [0.2, 0.25) is 0 Å². The molecule has 4 heteroatoms. The summed E-state index contributed by atoms with van der Waals surface area (Å²) in [6.07, 6.45) is 2.19. The minimum absolute atomic E-state index is 0.117. The zero-order valence-corrected chi connectivity index (χ0v) is 10.6. The van der Waals surface area contributed by atoms with Gasteiger partial charge in [-0.1, -0.05) is 0 Å². The number of likely N-dealkylation sites (N-methyl/N-ethyl adjacent to an activating group) is 1. The Morgan fingerprint density at radius 3 is 2.80 bits per heavy atom. The van der Waals surface area contributed by atoms with Crippen molar-refractivity contribution in [2.24, 2.45) is 0 Å². The van der Waals surface area contributed by atoms with Crippen molar-refractivity contribution >= 4 is 15.9 Å². The van der Waals surface area contributed by atoms with Crippen LogP contribution in [0.5, 0.6) is 0 Å². The molecule has 0 bridgehead atoms. The van der Waals surface area contributed by atoms with E-state index in [0.29, 0.717) is 0 Å². The highest BCUT2D eigenvalue weighted by Gasteiger charge is 2.40. The van der Waals surface area contributed by atoms with Crippen LogP contribution in [0.1, 0.15) is 31.6 Å². The van der Waals surface area contributed by atoms with E-state index in [1.54, 1.807) is 0 Å². The number of halogens is 1. The molecule has 0 spiro atoms. The molecule has 0 amide bonds. The Balaban J connectivity index is 2.23. The maximum atomic E-state index is 5.82. The van der Waals surface area contributed by atoms with Gasteiger partial charge in [-0.3, -0.25) is 0 Å². The fourth-order valence-corrected chi connectivity index (χ4v) is 2.58. The van der Waals surface area contributed by atoms with Crippen molar-refractivity contribution in [2.45, 2.75) is 31.4 Å². The molecule has 1 fully saturated rings.